The quantitative estimate of drug-likeness (QED) is 0.612. The van der Waals surface area contributed by atoms with E-state index in [1.54, 1.807) is 0 Å². The third kappa shape index (κ3) is 3.42. The monoisotopic (exact) mass is 416 g/mol. The Labute approximate surface area is 168 Å². The fourth-order valence-corrected chi connectivity index (χ4v) is 4.43. The van der Waals surface area contributed by atoms with Gasteiger partial charge in [-0.2, -0.15) is 0 Å². The van der Waals surface area contributed by atoms with E-state index in [4.69, 9.17) is 9.47 Å². The number of hydrogen-bond donors (Lipinski definition) is 1. The van der Waals surface area contributed by atoms with Crippen molar-refractivity contribution in [2.45, 2.75) is 23.9 Å². The molecule has 11 heteroatoms. The predicted molar refractivity (Wildman–Crippen MR) is 104 cm³/mol. The van der Waals surface area contributed by atoms with Crippen LogP contribution < -0.4 is 14.8 Å². The van der Waals surface area contributed by atoms with Crippen molar-refractivity contribution in [3.63, 3.8) is 0 Å². The highest BCUT2D eigenvalue weighted by Gasteiger charge is 2.27. The van der Waals surface area contributed by atoms with Gasteiger partial charge in [0.15, 0.2) is 22.5 Å². The van der Waals surface area contributed by atoms with Crippen LogP contribution in [0.1, 0.15) is 23.8 Å². The van der Waals surface area contributed by atoms with E-state index in [-0.39, 0.29) is 18.5 Å². The minimum Gasteiger partial charge on any atom is -0.454 e. The second-order valence-electron chi connectivity index (χ2n) is 6.49. The van der Waals surface area contributed by atoms with Crippen LogP contribution in [0.25, 0.3) is 11.4 Å². The lowest BCUT2D eigenvalue weighted by Gasteiger charge is -2.05. The van der Waals surface area contributed by atoms with Crippen molar-refractivity contribution < 1.29 is 14.3 Å². The molecule has 2 aromatic heterocycles. The largest absolute Gasteiger partial charge is 0.454 e. The van der Waals surface area contributed by atoms with Gasteiger partial charge in [-0.15, -0.1) is 20.4 Å². The molecular weight excluding hydrogens is 400 g/mol. The smallest absolute Gasteiger partial charge is 0.236 e. The summed E-state index contributed by atoms with van der Waals surface area (Å²) in [5.74, 6) is 2.71. The van der Waals surface area contributed by atoms with Crippen LogP contribution in [0.3, 0.4) is 0 Å². The third-order valence-corrected chi connectivity index (χ3v) is 6.43. The lowest BCUT2D eigenvalue weighted by molar-refractivity contribution is -0.113. The highest BCUT2D eigenvalue weighted by atomic mass is 32.2. The van der Waals surface area contributed by atoms with Gasteiger partial charge in [0.1, 0.15) is 5.01 Å². The number of amides is 1. The molecule has 28 heavy (non-hydrogen) atoms. The Morgan fingerprint density at radius 1 is 1.25 bits per heavy atom. The van der Waals surface area contributed by atoms with E-state index in [1.807, 2.05) is 29.8 Å². The molecule has 1 saturated carbocycles. The lowest BCUT2D eigenvalue weighted by atomic mass is 10.2. The van der Waals surface area contributed by atoms with E-state index in [1.165, 1.54) is 23.1 Å². The van der Waals surface area contributed by atoms with Crippen LogP contribution in [0.15, 0.2) is 23.4 Å². The highest BCUT2D eigenvalue weighted by Crippen LogP contribution is 2.42. The summed E-state index contributed by atoms with van der Waals surface area (Å²) < 4.78 is 12.6. The Kier molecular flexibility index (Phi) is 4.40. The Morgan fingerprint density at radius 3 is 2.96 bits per heavy atom. The number of thioether (sulfide) groups is 1. The molecule has 3 aromatic rings. The van der Waals surface area contributed by atoms with Crippen molar-refractivity contribution in [2.24, 2.45) is 7.05 Å². The summed E-state index contributed by atoms with van der Waals surface area (Å²) in [4.78, 5) is 12.2. The van der Waals surface area contributed by atoms with Gasteiger partial charge in [-0.3, -0.25) is 10.1 Å². The number of ether oxygens (including phenoxy) is 2. The normalized spacial score (nSPS) is 15.0. The van der Waals surface area contributed by atoms with Crippen LogP contribution in [0, 0.1) is 0 Å². The van der Waals surface area contributed by atoms with Gasteiger partial charge in [0.05, 0.1) is 5.75 Å². The number of hydrogen-bond acceptors (Lipinski definition) is 9. The zero-order valence-corrected chi connectivity index (χ0v) is 16.5. The summed E-state index contributed by atoms with van der Waals surface area (Å²) in [5, 5.41) is 21.6. The van der Waals surface area contributed by atoms with E-state index in [0.717, 1.165) is 29.2 Å². The van der Waals surface area contributed by atoms with E-state index < -0.39 is 0 Å². The molecule has 5 rings (SSSR count). The summed E-state index contributed by atoms with van der Waals surface area (Å²) in [6.45, 7) is 0.227. The van der Waals surface area contributed by atoms with Gasteiger partial charge >= 0.3 is 0 Å². The first-order valence-corrected chi connectivity index (χ1v) is 10.5. The van der Waals surface area contributed by atoms with Gasteiger partial charge in [-0.1, -0.05) is 23.1 Å². The standard InChI is InChI=1S/C17H16N6O3S2/c1-23-14(10-4-5-11-12(6-10)26-8-25-11)19-22-17(23)27-7-13(24)18-16-21-20-15(28-16)9-2-3-9/h4-6,9H,2-3,7-8H2,1H3,(H,18,21,24). The molecule has 1 amide bonds. The minimum atomic E-state index is -0.142. The maximum Gasteiger partial charge on any atom is 0.236 e. The van der Waals surface area contributed by atoms with Crippen LogP contribution in [0.4, 0.5) is 5.13 Å². The topological polar surface area (TPSA) is 104 Å². The van der Waals surface area contributed by atoms with Crippen molar-refractivity contribution in [1.29, 1.82) is 0 Å². The summed E-state index contributed by atoms with van der Waals surface area (Å²) >= 11 is 2.77. The molecule has 0 radical (unpaired) electrons. The number of carbonyl (C=O) groups is 1. The van der Waals surface area contributed by atoms with Crippen LogP contribution in [0.2, 0.25) is 0 Å². The van der Waals surface area contributed by atoms with Gasteiger partial charge in [0, 0.05) is 18.5 Å². The van der Waals surface area contributed by atoms with Crippen molar-refractivity contribution in [3.8, 4) is 22.9 Å². The van der Waals surface area contributed by atoms with E-state index in [2.05, 4.69) is 25.7 Å². The number of nitrogens with one attached hydrogen (secondary N) is 1. The van der Waals surface area contributed by atoms with Crippen molar-refractivity contribution in [3.05, 3.63) is 23.2 Å². The Bertz CT molecular complexity index is 1050. The molecule has 0 unspecified atom stereocenters. The summed E-state index contributed by atoms with van der Waals surface area (Å²) in [7, 11) is 1.87. The number of nitrogens with zero attached hydrogens (tertiary/aromatic N) is 5. The molecule has 1 aliphatic carbocycles. The number of rotatable bonds is 6. The maximum atomic E-state index is 12.2. The molecule has 1 aliphatic heterocycles. The number of benzene rings is 1. The molecule has 3 heterocycles. The van der Waals surface area contributed by atoms with E-state index in [0.29, 0.717) is 27.8 Å². The first-order valence-electron chi connectivity index (χ1n) is 8.73. The number of fused-ring (bicyclic) bond motifs is 1. The Balaban J connectivity index is 1.23. The van der Waals surface area contributed by atoms with Gasteiger partial charge in [0.2, 0.25) is 17.8 Å². The SMILES string of the molecule is Cn1c(SCC(=O)Nc2nnc(C3CC3)s2)nnc1-c1ccc2c(c1)OCO2. The van der Waals surface area contributed by atoms with Crippen LogP contribution in [0.5, 0.6) is 11.5 Å². The highest BCUT2D eigenvalue weighted by molar-refractivity contribution is 7.99. The predicted octanol–water partition coefficient (Wildman–Crippen LogP) is 2.67. The number of carbonyl (C=O) groups excluding carboxylic acids is 1. The summed E-state index contributed by atoms with van der Waals surface area (Å²) in [6, 6.07) is 5.64. The van der Waals surface area contributed by atoms with Crippen molar-refractivity contribution >= 4 is 34.1 Å². The molecule has 1 fully saturated rings. The van der Waals surface area contributed by atoms with Crippen LogP contribution in [-0.2, 0) is 11.8 Å². The van der Waals surface area contributed by atoms with Gasteiger partial charge in [-0.25, -0.2) is 0 Å². The summed E-state index contributed by atoms with van der Waals surface area (Å²) in [6.07, 6.45) is 2.33. The average Bonchev–Trinajstić information content (AvgIpc) is 3.10. The minimum absolute atomic E-state index is 0.142. The summed E-state index contributed by atoms with van der Waals surface area (Å²) in [5.41, 5.74) is 0.872. The van der Waals surface area contributed by atoms with Crippen LogP contribution >= 0.6 is 23.1 Å². The second kappa shape index (κ2) is 7.06. The molecule has 144 valence electrons. The van der Waals surface area contributed by atoms with Gasteiger partial charge < -0.3 is 14.0 Å². The number of anilines is 1. The Morgan fingerprint density at radius 2 is 2.11 bits per heavy atom. The number of aromatic nitrogens is 5. The lowest BCUT2D eigenvalue weighted by Crippen LogP contribution is -2.14. The van der Waals surface area contributed by atoms with Crippen LogP contribution in [-0.4, -0.2) is 43.4 Å². The molecule has 0 atom stereocenters. The second-order valence-corrected chi connectivity index (χ2v) is 8.44. The molecule has 9 nitrogen and oxygen atoms in total. The van der Waals surface area contributed by atoms with E-state index >= 15 is 0 Å². The third-order valence-electron chi connectivity index (χ3n) is 4.41. The first-order chi connectivity index (χ1) is 13.7. The molecule has 1 aromatic carbocycles. The Hall–Kier alpha value is -2.66. The fraction of sp³-hybridized carbons (Fsp3) is 0.353. The molecule has 0 spiro atoms. The molecule has 2 aliphatic rings. The first kappa shape index (κ1) is 17.4. The van der Waals surface area contributed by atoms with Gasteiger partial charge in [0.25, 0.3) is 0 Å². The average molecular weight is 416 g/mol. The zero-order valence-electron chi connectivity index (χ0n) is 14.9. The maximum absolute atomic E-state index is 12.2. The van der Waals surface area contributed by atoms with Crippen molar-refractivity contribution in [1.82, 2.24) is 25.0 Å². The van der Waals surface area contributed by atoms with E-state index in [9.17, 15) is 4.79 Å². The fourth-order valence-electron chi connectivity index (χ4n) is 2.79. The van der Waals surface area contributed by atoms with Gasteiger partial charge in [-0.05, 0) is 31.0 Å². The van der Waals surface area contributed by atoms with Crippen molar-refractivity contribution in [2.75, 3.05) is 17.9 Å². The molecule has 1 N–H and O–H groups in total. The molecule has 0 saturated heterocycles. The zero-order chi connectivity index (χ0) is 19.1. The molecule has 0 bridgehead atoms. The molecular formula is C17H16N6O3S2.